The lowest BCUT2D eigenvalue weighted by molar-refractivity contribution is 0.211. The number of H-pyrrole nitrogens is 1. The maximum absolute atomic E-state index is 11.1. The number of imidazole rings is 1. The van der Waals surface area contributed by atoms with E-state index in [1.165, 1.54) is 0 Å². The highest BCUT2D eigenvalue weighted by Gasteiger charge is 2.12. The van der Waals surface area contributed by atoms with Gasteiger partial charge >= 0.3 is 6.09 Å². The van der Waals surface area contributed by atoms with Crippen molar-refractivity contribution in [3.63, 3.8) is 0 Å². The molecule has 0 aliphatic carbocycles. The van der Waals surface area contributed by atoms with Crippen LogP contribution in [0.4, 0.5) is 4.79 Å². The molecule has 7 heteroatoms. The predicted molar refractivity (Wildman–Crippen MR) is 110 cm³/mol. The van der Waals surface area contributed by atoms with Crippen molar-refractivity contribution in [2.45, 2.75) is 20.3 Å². The molecule has 0 atom stereocenters. The van der Waals surface area contributed by atoms with E-state index >= 15 is 0 Å². The number of amides is 1. The van der Waals surface area contributed by atoms with Crippen molar-refractivity contribution < 1.29 is 14.3 Å². The number of hydrogen-bond donors (Lipinski definition) is 2. The van der Waals surface area contributed by atoms with E-state index in [9.17, 15) is 4.79 Å². The Morgan fingerprint density at radius 3 is 2.71 bits per heavy atom. The number of fused-ring (bicyclic) bond motifs is 1. The molecule has 0 radical (unpaired) electrons. The van der Waals surface area contributed by atoms with Crippen LogP contribution in [0.1, 0.15) is 20.3 Å². The minimum Gasteiger partial charge on any atom is -0.494 e. The van der Waals surface area contributed by atoms with Crippen molar-refractivity contribution in [3.05, 3.63) is 42.5 Å². The lowest BCUT2D eigenvalue weighted by Gasteiger charge is -2.17. The summed E-state index contributed by atoms with van der Waals surface area (Å²) in [7, 11) is 0. The van der Waals surface area contributed by atoms with E-state index < -0.39 is 6.09 Å². The Bertz CT molecular complexity index is 934. The zero-order valence-electron chi connectivity index (χ0n) is 16.3. The Morgan fingerprint density at radius 2 is 1.96 bits per heavy atom. The number of hydrogen-bond acceptors (Lipinski definition) is 5. The van der Waals surface area contributed by atoms with E-state index in [1.807, 2.05) is 30.3 Å². The van der Waals surface area contributed by atoms with Crippen LogP contribution >= 0.6 is 0 Å². The van der Waals surface area contributed by atoms with Crippen LogP contribution in [0.25, 0.3) is 22.4 Å². The number of rotatable bonds is 9. The monoisotopic (exact) mass is 382 g/mol. The molecule has 1 aromatic heterocycles. The third kappa shape index (κ3) is 4.80. The van der Waals surface area contributed by atoms with E-state index in [2.05, 4.69) is 28.7 Å². The van der Waals surface area contributed by atoms with Gasteiger partial charge in [-0.3, -0.25) is 0 Å². The first-order valence-electron chi connectivity index (χ1n) is 9.52. The molecular formula is C21H26N4O3. The first-order chi connectivity index (χ1) is 13.6. The van der Waals surface area contributed by atoms with Crippen LogP contribution in [0.15, 0.2) is 42.5 Å². The van der Waals surface area contributed by atoms with Gasteiger partial charge < -0.3 is 25.1 Å². The molecule has 7 nitrogen and oxygen atoms in total. The average molecular weight is 382 g/mol. The molecule has 0 saturated carbocycles. The fourth-order valence-corrected chi connectivity index (χ4v) is 3.08. The summed E-state index contributed by atoms with van der Waals surface area (Å²) in [5.41, 5.74) is 7.34. The molecule has 3 rings (SSSR count). The topological polar surface area (TPSA) is 93.5 Å². The fraction of sp³-hybridized carbons (Fsp3) is 0.333. The number of aromatic nitrogens is 2. The third-order valence-corrected chi connectivity index (χ3v) is 4.58. The van der Waals surface area contributed by atoms with Gasteiger partial charge in [0.05, 0.1) is 12.1 Å². The summed E-state index contributed by atoms with van der Waals surface area (Å²) in [5.74, 6) is 1.80. The van der Waals surface area contributed by atoms with Crippen molar-refractivity contribution >= 4 is 17.1 Å². The van der Waals surface area contributed by atoms with Gasteiger partial charge in [-0.1, -0.05) is 32.0 Å². The molecule has 1 heterocycles. The summed E-state index contributed by atoms with van der Waals surface area (Å²) in [6.45, 7) is 8.14. The van der Waals surface area contributed by atoms with Gasteiger partial charge in [0.2, 0.25) is 0 Å². The van der Waals surface area contributed by atoms with Gasteiger partial charge in [0, 0.05) is 12.1 Å². The Morgan fingerprint density at radius 1 is 1.18 bits per heavy atom. The molecule has 0 unspecified atom stereocenters. The van der Waals surface area contributed by atoms with Crippen LogP contribution in [0.5, 0.6) is 11.5 Å². The van der Waals surface area contributed by atoms with Crippen molar-refractivity contribution in [2.24, 2.45) is 5.73 Å². The molecule has 0 spiro atoms. The largest absolute Gasteiger partial charge is 0.494 e. The highest BCUT2D eigenvalue weighted by molar-refractivity contribution is 5.87. The summed E-state index contributed by atoms with van der Waals surface area (Å²) in [4.78, 5) is 21.3. The van der Waals surface area contributed by atoms with E-state index in [-0.39, 0.29) is 0 Å². The summed E-state index contributed by atoms with van der Waals surface area (Å²) in [6.07, 6.45) is 0.113. The quantitative estimate of drug-likeness (QED) is 0.549. The minimum absolute atomic E-state index is 0.330. The molecule has 0 aliphatic heterocycles. The molecule has 3 aromatic rings. The van der Waals surface area contributed by atoms with Gasteiger partial charge in [-0.05, 0) is 43.8 Å². The first kappa shape index (κ1) is 19.7. The lowest BCUT2D eigenvalue weighted by atomic mass is 10.2. The summed E-state index contributed by atoms with van der Waals surface area (Å²) in [5, 5.41) is 0. The van der Waals surface area contributed by atoms with Gasteiger partial charge in [-0.15, -0.1) is 0 Å². The maximum Gasteiger partial charge on any atom is 0.410 e. The smallest absolute Gasteiger partial charge is 0.410 e. The first-order valence-corrected chi connectivity index (χ1v) is 9.52. The van der Waals surface area contributed by atoms with Crippen LogP contribution in [-0.4, -0.2) is 47.2 Å². The standard InChI is InChI=1S/C21H26N4O3/c1-3-25(4-2)12-7-13-27-16-9-5-8-15(14-16)20-23-17-10-6-11-18(19(17)24-20)28-21(22)26/h5-6,8-11,14H,3-4,7,12-13H2,1-2H3,(H2,22,26)(H,23,24). The zero-order chi connectivity index (χ0) is 19.9. The second kappa shape index (κ2) is 9.23. The minimum atomic E-state index is -0.864. The van der Waals surface area contributed by atoms with Gasteiger partial charge in [0.1, 0.15) is 17.1 Å². The number of ether oxygens (including phenoxy) is 2. The van der Waals surface area contributed by atoms with Gasteiger partial charge in [-0.2, -0.15) is 0 Å². The predicted octanol–water partition coefficient (Wildman–Crippen LogP) is 3.80. The normalized spacial score (nSPS) is 11.1. The average Bonchev–Trinajstić information content (AvgIpc) is 3.13. The molecule has 1 amide bonds. The van der Waals surface area contributed by atoms with E-state index in [4.69, 9.17) is 15.2 Å². The van der Waals surface area contributed by atoms with Crippen molar-refractivity contribution in [1.29, 1.82) is 0 Å². The number of nitrogens with zero attached hydrogens (tertiary/aromatic N) is 2. The third-order valence-electron chi connectivity index (χ3n) is 4.58. The summed E-state index contributed by atoms with van der Waals surface area (Å²) < 4.78 is 10.9. The number of aromatic amines is 1. The van der Waals surface area contributed by atoms with Crippen LogP contribution in [0.3, 0.4) is 0 Å². The van der Waals surface area contributed by atoms with Crippen LogP contribution in [-0.2, 0) is 0 Å². The van der Waals surface area contributed by atoms with Crippen LogP contribution in [0.2, 0.25) is 0 Å². The van der Waals surface area contributed by atoms with Gasteiger partial charge in [0.15, 0.2) is 5.75 Å². The lowest BCUT2D eigenvalue weighted by Crippen LogP contribution is -2.25. The molecule has 2 aromatic carbocycles. The number of para-hydroxylation sites is 1. The molecule has 3 N–H and O–H groups in total. The molecule has 0 fully saturated rings. The van der Waals surface area contributed by atoms with E-state index in [0.717, 1.165) is 42.9 Å². The molecule has 0 aliphatic rings. The van der Waals surface area contributed by atoms with E-state index in [0.29, 0.717) is 23.7 Å². The van der Waals surface area contributed by atoms with Crippen molar-refractivity contribution in [3.8, 4) is 22.9 Å². The SMILES string of the molecule is CCN(CC)CCCOc1cccc(-c2nc3c(OC(N)=O)cccc3[nH]2)c1. The Hall–Kier alpha value is -3.06. The molecular weight excluding hydrogens is 356 g/mol. The molecule has 28 heavy (non-hydrogen) atoms. The maximum atomic E-state index is 11.1. The second-order valence-corrected chi connectivity index (χ2v) is 6.42. The van der Waals surface area contributed by atoms with Crippen LogP contribution < -0.4 is 15.2 Å². The summed E-state index contributed by atoms with van der Waals surface area (Å²) in [6, 6.07) is 13.1. The second-order valence-electron chi connectivity index (χ2n) is 6.42. The fourth-order valence-electron chi connectivity index (χ4n) is 3.08. The van der Waals surface area contributed by atoms with Gasteiger partial charge in [-0.25, -0.2) is 9.78 Å². The number of carbonyl (C=O) groups excluding carboxylic acids is 1. The number of benzene rings is 2. The highest BCUT2D eigenvalue weighted by Crippen LogP contribution is 2.28. The number of nitrogens with two attached hydrogens (primary N) is 1. The zero-order valence-corrected chi connectivity index (χ0v) is 16.3. The molecule has 0 saturated heterocycles. The van der Waals surface area contributed by atoms with Crippen molar-refractivity contribution in [1.82, 2.24) is 14.9 Å². The molecule has 0 bridgehead atoms. The molecule has 148 valence electrons. The van der Waals surface area contributed by atoms with E-state index in [1.54, 1.807) is 12.1 Å². The van der Waals surface area contributed by atoms with Gasteiger partial charge in [0.25, 0.3) is 0 Å². The highest BCUT2D eigenvalue weighted by atomic mass is 16.5. The number of primary amides is 1. The van der Waals surface area contributed by atoms with Crippen LogP contribution in [0, 0.1) is 0 Å². The van der Waals surface area contributed by atoms with Crippen molar-refractivity contribution in [2.75, 3.05) is 26.2 Å². The Kier molecular flexibility index (Phi) is 6.49. The number of carbonyl (C=O) groups is 1. The summed E-state index contributed by atoms with van der Waals surface area (Å²) >= 11 is 0. The number of nitrogens with one attached hydrogen (secondary N) is 1. The Labute approximate surface area is 164 Å². The Balaban J connectivity index is 1.72.